The van der Waals surface area contributed by atoms with Gasteiger partial charge in [0.1, 0.15) is 0 Å². The Bertz CT molecular complexity index is 210. The number of allylic oxidation sites excluding steroid dienone is 2. The molecule has 0 bridgehead atoms. The summed E-state index contributed by atoms with van der Waals surface area (Å²) in [6.45, 7) is 5.17. The SMILES string of the molecule is C=C1COC(C2CC=CCC2)OC1. The highest BCUT2D eigenvalue weighted by Gasteiger charge is 2.26. The molecular weight excluding hydrogens is 164 g/mol. The number of hydrogen-bond donors (Lipinski definition) is 0. The van der Waals surface area contributed by atoms with Gasteiger partial charge in [0.05, 0.1) is 13.2 Å². The Kier molecular flexibility index (Phi) is 2.81. The van der Waals surface area contributed by atoms with Gasteiger partial charge >= 0.3 is 0 Å². The summed E-state index contributed by atoms with van der Waals surface area (Å²) in [5.41, 5.74) is 1.04. The quantitative estimate of drug-likeness (QED) is 0.576. The molecule has 2 heteroatoms. The van der Waals surface area contributed by atoms with Crippen LogP contribution in [0.25, 0.3) is 0 Å². The molecule has 1 atom stereocenters. The molecule has 72 valence electrons. The van der Waals surface area contributed by atoms with Crippen molar-refractivity contribution >= 4 is 0 Å². The van der Waals surface area contributed by atoms with Crippen LogP contribution in [-0.4, -0.2) is 19.5 Å². The van der Waals surface area contributed by atoms with E-state index in [0.29, 0.717) is 19.1 Å². The molecule has 0 radical (unpaired) electrons. The molecule has 2 nitrogen and oxygen atoms in total. The van der Waals surface area contributed by atoms with E-state index in [0.717, 1.165) is 18.4 Å². The predicted molar refractivity (Wildman–Crippen MR) is 51.3 cm³/mol. The van der Waals surface area contributed by atoms with Crippen LogP contribution in [0.2, 0.25) is 0 Å². The second-order valence-corrected chi connectivity index (χ2v) is 3.78. The average Bonchev–Trinajstić information content (AvgIpc) is 2.20. The van der Waals surface area contributed by atoms with Gasteiger partial charge < -0.3 is 9.47 Å². The largest absolute Gasteiger partial charge is 0.348 e. The first-order valence-electron chi connectivity index (χ1n) is 4.91. The van der Waals surface area contributed by atoms with E-state index in [2.05, 4.69) is 18.7 Å². The lowest BCUT2D eigenvalue weighted by Gasteiger charge is -2.31. The zero-order valence-electron chi connectivity index (χ0n) is 7.87. The topological polar surface area (TPSA) is 18.5 Å². The Morgan fingerprint density at radius 1 is 1.23 bits per heavy atom. The molecule has 1 fully saturated rings. The maximum Gasteiger partial charge on any atom is 0.161 e. The van der Waals surface area contributed by atoms with Gasteiger partial charge in [0.25, 0.3) is 0 Å². The van der Waals surface area contributed by atoms with Crippen LogP contribution in [0, 0.1) is 5.92 Å². The zero-order valence-corrected chi connectivity index (χ0v) is 7.87. The molecular formula is C11H16O2. The molecule has 1 aliphatic carbocycles. The minimum absolute atomic E-state index is 0.00968. The van der Waals surface area contributed by atoms with E-state index < -0.39 is 0 Å². The third-order valence-corrected chi connectivity index (χ3v) is 2.60. The monoisotopic (exact) mass is 180 g/mol. The number of ether oxygens (including phenoxy) is 2. The first-order chi connectivity index (χ1) is 6.36. The van der Waals surface area contributed by atoms with Gasteiger partial charge in [0, 0.05) is 5.92 Å². The second-order valence-electron chi connectivity index (χ2n) is 3.78. The van der Waals surface area contributed by atoms with E-state index in [-0.39, 0.29) is 6.29 Å². The van der Waals surface area contributed by atoms with Crippen molar-refractivity contribution in [3.8, 4) is 0 Å². The molecule has 0 N–H and O–H groups in total. The van der Waals surface area contributed by atoms with Crippen molar-refractivity contribution in [1.82, 2.24) is 0 Å². The van der Waals surface area contributed by atoms with Crippen LogP contribution in [0.3, 0.4) is 0 Å². The summed E-state index contributed by atoms with van der Waals surface area (Å²) in [6, 6.07) is 0. The van der Waals surface area contributed by atoms with Gasteiger partial charge in [-0.2, -0.15) is 0 Å². The fourth-order valence-corrected chi connectivity index (χ4v) is 1.83. The molecule has 0 aromatic rings. The minimum Gasteiger partial charge on any atom is -0.348 e. The van der Waals surface area contributed by atoms with Crippen LogP contribution in [-0.2, 0) is 9.47 Å². The zero-order chi connectivity index (χ0) is 9.10. The van der Waals surface area contributed by atoms with E-state index in [1.54, 1.807) is 0 Å². The molecule has 0 saturated carbocycles. The van der Waals surface area contributed by atoms with Crippen LogP contribution >= 0.6 is 0 Å². The molecule has 2 rings (SSSR count). The van der Waals surface area contributed by atoms with Crippen LogP contribution in [0.5, 0.6) is 0 Å². The minimum atomic E-state index is 0.00968. The van der Waals surface area contributed by atoms with Crippen molar-refractivity contribution in [3.63, 3.8) is 0 Å². The van der Waals surface area contributed by atoms with E-state index >= 15 is 0 Å². The normalized spacial score (nSPS) is 30.8. The van der Waals surface area contributed by atoms with E-state index in [9.17, 15) is 0 Å². The van der Waals surface area contributed by atoms with Crippen LogP contribution < -0.4 is 0 Å². The summed E-state index contributed by atoms with van der Waals surface area (Å²) in [4.78, 5) is 0. The van der Waals surface area contributed by atoms with Gasteiger partial charge in [-0.05, 0) is 24.8 Å². The molecule has 0 spiro atoms. The Morgan fingerprint density at radius 3 is 2.62 bits per heavy atom. The fraction of sp³-hybridized carbons (Fsp3) is 0.636. The van der Waals surface area contributed by atoms with Gasteiger partial charge in [-0.3, -0.25) is 0 Å². The maximum atomic E-state index is 5.57. The van der Waals surface area contributed by atoms with Crippen molar-refractivity contribution in [2.75, 3.05) is 13.2 Å². The first kappa shape index (κ1) is 8.97. The lowest BCUT2D eigenvalue weighted by Crippen LogP contribution is -2.33. The molecule has 1 aliphatic heterocycles. The van der Waals surface area contributed by atoms with E-state index in [1.165, 1.54) is 6.42 Å². The molecule has 1 saturated heterocycles. The molecule has 1 heterocycles. The molecule has 13 heavy (non-hydrogen) atoms. The van der Waals surface area contributed by atoms with Gasteiger partial charge in [-0.25, -0.2) is 0 Å². The Hall–Kier alpha value is -0.600. The molecule has 0 aromatic heterocycles. The predicted octanol–water partition coefficient (Wildman–Crippen LogP) is 2.27. The molecule has 2 aliphatic rings. The van der Waals surface area contributed by atoms with Crippen molar-refractivity contribution < 1.29 is 9.47 Å². The van der Waals surface area contributed by atoms with Gasteiger partial charge in [0.2, 0.25) is 0 Å². The summed E-state index contributed by atoms with van der Waals surface area (Å²) < 4.78 is 11.1. The lowest BCUT2D eigenvalue weighted by atomic mass is 9.93. The van der Waals surface area contributed by atoms with Crippen molar-refractivity contribution in [2.24, 2.45) is 5.92 Å². The molecule has 0 amide bonds. The van der Waals surface area contributed by atoms with Crippen LogP contribution in [0.4, 0.5) is 0 Å². The first-order valence-corrected chi connectivity index (χ1v) is 4.91. The second kappa shape index (κ2) is 4.07. The number of rotatable bonds is 1. The summed E-state index contributed by atoms with van der Waals surface area (Å²) in [7, 11) is 0. The third-order valence-electron chi connectivity index (χ3n) is 2.60. The summed E-state index contributed by atoms with van der Waals surface area (Å²) >= 11 is 0. The van der Waals surface area contributed by atoms with Gasteiger partial charge in [-0.1, -0.05) is 18.7 Å². The van der Waals surface area contributed by atoms with Crippen molar-refractivity contribution in [2.45, 2.75) is 25.6 Å². The van der Waals surface area contributed by atoms with E-state index in [4.69, 9.17) is 9.47 Å². The molecule has 0 aromatic carbocycles. The Balaban J connectivity index is 1.86. The highest BCUT2D eigenvalue weighted by Crippen LogP contribution is 2.26. The van der Waals surface area contributed by atoms with Crippen molar-refractivity contribution in [1.29, 1.82) is 0 Å². The highest BCUT2D eigenvalue weighted by atomic mass is 16.7. The van der Waals surface area contributed by atoms with Gasteiger partial charge in [0.15, 0.2) is 6.29 Å². The maximum absolute atomic E-state index is 5.57. The number of hydrogen-bond acceptors (Lipinski definition) is 2. The Labute approximate surface area is 79.2 Å². The highest BCUT2D eigenvalue weighted by molar-refractivity contribution is 4.98. The summed E-state index contributed by atoms with van der Waals surface area (Å²) in [5, 5.41) is 0. The Morgan fingerprint density at radius 2 is 2.00 bits per heavy atom. The lowest BCUT2D eigenvalue weighted by molar-refractivity contribution is -0.186. The third kappa shape index (κ3) is 2.20. The van der Waals surface area contributed by atoms with E-state index in [1.807, 2.05) is 0 Å². The smallest absolute Gasteiger partial charge is 0.161 e. The van der Waals surface area contributed by atoms with Gasteiger partial charge in [-0.15, -0.1) is 0 Å². The molecule has 1 unspecified atom stereocenters. The van der Waals surface area contributed by atoms with Crippen molar-refractivity contribution in [3.05, 3.63) is 24.3 Å². The fourth-order valence-electron chi connectivity index (χ4n) is 1.83. The van der Waals surface area contributed by atoms with Crippen LogP contribution in [0.15, 0.2) is 24.3 Å². The standard InChI is InChI=1S/C11H16O2/c1-9-7-12-11(13-8-9)10-5-3-2-4-6-10/h2-3,10-11H,1,4-8H2. The van der Waals surface area contributed by atoms with Crippen LogP contribution in [0.1, 0.15) is 19.3 Å². The summed E-state index contributed by atoms with van der Waals surface area (Å²) in [6.07, 6.45) is 7.91. The average molecular weight is 180 g/mol. The summed E-state index contributed by atoms with van der Waals surface area (Å²) in [5.74, 6) is 0.554.